The van der Waals surface area contributed by atoms with E-state index in [0.29, 0.717) is 11.6 Å². The molecule has 3 aromatic heterocycles. The lowest BCUT2D eigenvalue weighted by atomic mass is 10.1. The SMILES string of the molecule is Nc1onc(-c2cncs2)c1-c1cccnc1. The van der Waals surface area contributed by atoms with E-state index >= 15 is 0 Å². The largest absolute Gasteiger partial charge is 0.367 e. The zero-order valence-corrected chi connectivity index (χ0v) is 9.52. The van der Waals surface area contributed by atoms with Crippen molar-refractivity contribution in [2.75, 3.05) is 5.73 Å². The Labute approximate surface area is 101 Å². The Hall–Kier alpha value is -2.21. The maximum absolute atomic E-state index is 5.81. The number of nitrogens with two attached hydrogens (primary N) is 1. The minimum absolute atomic E-state index is 0.293. The van der Waals surface area contributed by atoms with E-state index in [9.17, 15) is 0 Å². The van der Waals surface area contributed by atoms with Gasteiger partial charge in [0.25, 0.3) is 0 Å². The molecule has 0 amide bonds. The van der Waals surface area contributed by atoms with Gasteiger partial charge >= 0.3 is 0 Å². The molecule has 0 radical (unpaired) electrons. The molecule has 2 N–H and O–H groups in total. The lowest BCUT2D eigenvalue weighted by molar-refractivity contribution is 0.439. The molecule has 6 heteroatoms. The van der Waals surface area contributed by atoms with Crippen molar-refractivity contribution in [2.45, 2.75) is 0 Å². The number of nitrogen functional groups attached to an aromatic ring is 1. The molecule has 0 fully saturated rings. The first kappa shape index (κ1) is 9.98. The van der Waals surface area contributed by atoms with Crippen molar-refractivity contribution in [3.8, 4) is 21.7 Å². The third-order valence-electron chi connectivity index (χ3n) is 2.33. The van der Waals surface area contributed by atoms with Gasteiger partial charge in [0.1, 0.15) is 5.69 Å². The minimum Gasteiger partial charge on any atom is -0.367 e. The highest BCUT2D eigenvalue weighted by atomic mass is 32.1. The molecule has 0 unspecified atom stereocenters. The van der Waals surface area contributed by atoms with Crippen molar-refractivity contribution in [1.29, 1.82) is 0 Å². The van der Waals surface area contributed by atoms with Gasteiger partial charge in [-0.25, -0.2) is 0 Å². The maximum atomic E-state index is 5.81. The zero-order chi connectivity index (χ0) is 11.7. The van der Waals surface area contributed by atoms with E-state index in [1.807, 2.05) is 12.1 Å². The number of hydrogen-bond acceptors (Lipinski definition) is 6. The number of anilines is 1. The van der Waals surface area contributed by atoms with Gasteiger partial charge in [0.05, 0.1) is 16.0 Å². The Kier molecular flexibility index (Phi) is 2.34. The van der Waals surface area contributed by atoms with Crippen LogP contribution in [-0.4, -0.2) is 15.1 Å². The number of pyridine rings is 1. The molecule has 0 aromatic carbocycles. The molecule has 0 aliphatic rings. The summed E-state index contributed by atoms with van der Waals surface area (Å²) < 4.78 is 5.05. The molecule has 0 atom stereocenters. The molecule has 5 nitrogen and oxygen atoms in total. The molecule has 84 valence electrons. The molecule has 0 aliphatic carbocycles. The monoisotopic (exact) mass is 244 g/mol. The molecule has 3 rings (SSSR count). The smallest absolute Gasteiger partial charge is 0.230 e. The third-order valence-corrected chi connectivity index (χ3v) is 3.11. The van der Waals surface area contributed by atoms with E-state index in [4.69, 9.17) is 10.3 Å². The van der Waals surface area contributed by atoms with E-state index in [2.05, 4.69) is 15.1 Å². The van der Waals surface area contributed by atoms with Gasteiger partial charge in [-0.05, 0) is 6.07 Å². The van der Waals surface area contributed by atoms with Crippen LogP contribution >= 0.6 is 11.3 Å². The van der Waals surface area contributed by atoms with Crippen LogP contribution in [0.4, 0.5) is 5.88 Å². The van der Waals surface area contributed by atoms with Gasteiger partial charge in [0, 0.05) is 24.2 Å². The fraction of sp³-hybridized carbons (Fsp3) is 0. The normalized spacial score (nSPS) is 10.6. The van der Waals surface area contributed by atoms with Crippen LogP contribution in [0.3, 0.4) is 0 Å². The maximum Gasteiger partial charge on any atom is 0.230 e. The second-order valence-corrected chi connectivity index (χ2v) is 4.26. The summed E-state index contributed by atoms with van der Waals surface area (Å²) in [7, 11) is 0. The number of hydrogen-bond donors (Lipinski definition) is 1. The molecule has 0 saturated carbocycles. The van der Waals surface area contributed by atoms with Crippen LogP contribution < -0.4 is 5.73 Å². The van der Waals surface area contributed by atoms with Crippen molar-refractivity contribution in [1.82, 2.24) is 15.1 Å². The van der Waals surface area contributed by atoms with E-state index in [1.165, 1.54) is 11.3 Å². The van der Waals surface area contributed by atoms with E-state index in [-0.39, 0.29) is 0 Å². The Morgan fingerprint density at radius 2 is 2.18 bits per heavy atom. The minimum atomic E-state index is 0.293. The average Bonchev–Trinajstić information content (AvgIpc) is 2.98. The fourth-order valence-corrected chi connectivity index (χ4v) is 2.20. The zero-order valence-electron chi connectivity index (χ0n) is 8.70. The topological polar surface area (TPSA) is 77.8 Å². The Morgan fingerprint density at radius 1 is 1.24 bits per heavy atom. The molecule has 3 heterocycles. The summed E-state index contributed by atoms with van der Waals surface area (Å²) in [6, 6.07) is 3.76. The highest BCUT2D eigenvalue weighted by Crippen LogP contribution is 2.36. The number of aromatic nitrogens is 3. The van der Waals surface area contributed by atoms with Crippen LogP contribution in [0.1, 0.15) is 0 Å². The summed E-state index contributed by atoms with van der Waals surface area (Å²) in [5, 5.41) is 3.98. The second kappa shape index (κ2) is 3.99. The molecule has 0 aliphatic heterocycles. The highest BCUT2D eigenvalue weighted by Gasteiger charge is 2.18. The first-order valence-corrected chi connectivity index (χ1v) is 5.78. The van der Waals surface area contributed by atoms with Crippen molar-refractivity contribution in [2.24, 2.45) is 0 Å². The third kappa shape index (κ3) is 1.68. The van der Waals surface area contributed by atoms with Gasteiger partial charge in [-0.2, -0.15) is 0 Å². The molecule has 0 spiro atoms. The highest BCUT2D eigenvalue weighted by molar-refractivity contribution is 7.13. The van der Waals surface area contributed by atoms with Crippen LogP contribution in [0, 0.1) is 0 Å². The molecule has 0 bridgehead atoms. The summed E-state index contributed by atoms with van der Waals surface area (Å²) in [5.41, 5.74) is 9.91. The van der Waals surface area contributed by atoms with E-state index in [1.54, 1.807) is 24.1 Å². The predicted octanol–water partition coefficient (Wildman–Crippen LogP) is 2.44. The average molecular weight is 244 g/mol. The van der Waals surface area contributed by atoms with E-state index < -0.39 is 0 Å². The van der Waals surface area contributed by atoms with Crippen LogP contribution in [0.2, 0.25) is 0 Å². The molecule has 0 saturated heterocycles. The summed E-state index contributed by atoms with van der Waals surface area (Å²) in [5.74, 6) is 0.293. The summed E-state index contributed by atoms with van der Waals surface area (Å²) in [6.07, 6.45) is 5.18. The number of nitrogens with zero attached hydrogens (tertiary/aromatic N) is 3. The Bertz CT molecular complexity index is 618. The molecule has 3 aromatic rings. The van der Waals surface area contributed by atoms with Gasteiger partial charge in [-0.15, -0.1) is 11.3 Å². The van der Waals surface area contributed by atoms with Gasteiger partial charge in [-0.1, -0.05) is 11.2 Å². The Morgan fingerprint density at radius 3 is 2.88 bits per heavy atom. The van der Waals surface area contributed by atoms with Crippen molar-refractivity contribution >= 4 is 17.2 Å². The van der Waals surface area contributed by atoms with Gasteiger partial charge in [0.15, 0.2) is 0 Å². The van der Waals surface area contributed by atoms with E-state index in [0.717, 1.165) is 16.0 Å². The van der Waals surface area contributed by atoms with Crippen LogP contribution in [-0.2, 0) is 0 Å². The molecular weight excluding hydrogens is 236 g/mol. The summed E-state index contributed by atoms with van der Waals surface area (Å²) in [6.45, 7) is 0. The molecular formula is C11H8N4OS. The van der Waals surface area contributed by atoms with Gasteiger partial charge < -0.3 is 10.3 Å². The lowest BCUT2D eigenvalue weighted by Crippen LogP contribution is -1.87. The second-order valence-electron chi connectivity index (χ2n) is 3.38. The summed E-state index contributed by atoms with van der Waals surface area (Å²) in [4.78, 5) is 9.01. The predicted molar refractivity (Wildman–Crippen MR) is 65.3 cm³/mol. The number of rotatable bonds is 2. The lowest BCUT2D eigenvalue weighted by Gasteiger charge is -1.99. The fourth-order valence-electron chi connectivity index (χ4n) is 1.59. The quantitative estimate of drug-likeness (QED) is 0.749. The Balaban J connectivity index is 2.20. The van der Waals surface area contributed by atoms with Gasteiger partial charge in [0.2, 0.25) is 5.88 Å². The van der Waals surface area contributed by atoms with Crippen molar-refractivity contribution in [3.05, 3.63) is 36.2 Å². The van der Waals surface area contributed by atoms with Crippen molar-refractivity contribution < 1.29 is 4.52 Å². The number of thiazole rings is 1. The first-order chi connectivity index (χ1) is 8.36. The van der Waals surface area contributed by atoms with Crippen LogP contribution in [0.5, 0.6) is 0 Å². The van der Waals surface area contributed by atoms with Crippen LogP contribution in [0.15, 0.2) is 40.8 Å². The molecule has 17 heavy (non-hydrogen) atoms. The van der Waals surface area contributed by atoms with Crippen molar-refractivity contribution in [3.63, 3.8) is 0 Å². The standard InChI is InChI=1S/C11H8N4OS/c12-11-9(7-2-1-3-13-4-7)10(15-16-11)8-5-14-6-17-8/h1-6H,12H2. The van der Waals surface area contributed by atoms with Crippen LogP contribution in [0.25, 0.3) is 21.7 Å². The first-order valence-electron chi connectivity index (χ1n) is 4.90. The van der Waals surface area contributed by atoms with Gasteiger partial charge in [-0.3, -0.25) is 9.97 Å². The summed E-state index contributed by atoms with van der Waals surface area (Å²) >= 11 is 1.49.